The van der Waals surface area contributed by atoms with Gasteiger partial charge in [-0.2, -0.15) is 0 Å². The van der Waals surface area contributed by atoms with E-state index in [9.17, 15) is 21.6 Å². The van der Waals surface area contributed by atoms with Crippen LogP contribution in [0.5, 0.6) is 0 Å². The molecule has 1 aromatic heterocycles. The molecule has 0 bridgehead atoms. The van der Waals surface area contributed by atoms with E-state index in [4.69, 9.17) is 27.7 Å². The summed E-state index contributed by atoms with van der Waals surface area (Å²) in [5.74, 6) is -0.379. The number of carbonyl (C=O) groups is 1. The molecule has 0 aliphatic rings. The average Bonchev–Trinajstić information content (AvgIpc) is 3.30. The molecule has 0 amide bonds. The maximum Gasteiger partial charge on any atom is 0.361 e. The molecule has 0 fully saturated rings. The van der Waals surface area contributed by atoms with Gasteiger partial charge in [0.25, 0.3) is 20.0 Å². The van der Waals surface area contributed by atoms with E-state index in [1.807, 2.05) is 13.8 Å². The zero-order valence-corrected chi connectivity index (χ0v) is 23.6. The molecule has 1 heterocycles. The first-order chi connectivity index (χ1) is 17.4. The van der Waals surface area contributed by atoms with Crippen molar-refractivity contribution in [1.82, 2.24) is 15.5 Å². The van der Waals surface area contributed by atoms with Crippen molar-refractivity contribution in [2.24, 2.45) is 10.9 Å². The van der Waals surface area contributed by atoms with Crippen molar-refractivity contribution in [2.75, 3.05) is 16.6 Å². The summed E-state index contributed by atoms with van der Waals surface area (Å²) in [6.45, 7) is 4.37. The molecule has 204 valence electrons. The standard InChI is InChI=1S/C19H30BN7O6S4/c1-3-20(4-2)33-16(28)15(21)7-5-6-12-23-17(34)24-13-8-10-14(11-9-13)37(31,32)27-18-25-26-19(35-18)36(22,29)30/h8-11,15H,3-7,12,21H2,1-2H3,(H,25,27)(H2,22,29,30)(H2,23,24,34)/t15-/m0/s1. The number of thiocarbonyl (C=S) groups is 1. The smallest absolute Gasteiger partial charge is 0.361 e. The number of hydrogen-bond donors (Lipinski definition) is 5. The Bertz CT molecular complexity index is 1270. The zero-order valence-electron chi connectivity index (χ0n) is 20.3. The van der Waals surface area contributed by atoms with Crippen LogP contribution < -0.4 is 26.2 Å². The van der Waals surface area contributed by atoms with Crippen LogP contribution in [0.25, 0.3) is 0 Å². The van der Waals surface area contributed by atoms with E-state index in [0.29, 0.717) is 41.5 Å². The molecule has 0 saturated heterocycles. The summed E-state index contributed by atoms with van der Waals surface area (Å²) in [6.07, 6.45) is 3.46. The SMILES string of the molecule is CCB(CC)OC(=O)[C@@H](N)CCCCNC(=S)Nc1ccc(S(=O)(=O)Nc2nnc(S(N)(=O)=O)s2)cc1. The fraction of sp³-hybridized carbons (Fsp3) is 0.474. The summed E-state index contributed by atoms with van der Waals surface area (Å²) in [4.78, 5) is 11.9. The first-order valence-corrected chi connectivity index (χ1v) is 15.6. The molecule has 7 N–H and O–H groups in total. The molecular weight excluding hydrogens is 561 g/mol. The van der Waals surface area contributed by atoms with E-state index in [0.717, 1.165) is 19.1 Å². The van der Waals surface area contributed by atoms with Gasteiger partial charge in [0, 0.05) is 12.2 Å². The molecule has 18 heteroatoms. The number of nitrogens with one attached hydrogen (secondary N) is 3. The number of unbranched alkanes of at least 4 members (excludes halogenated alkanes) is 1. The number of rotatable bonds is 14. The second-order valence-electron chi connectivity index (χ2n) is 7.91. The summed E-state index contributed by atoms with van der Waals surface area (Å²) in [6, 6.07) is 5.07. The van der Waals surface area contributed by atoms with Gasteiger partial charge in [-0.3, -0.25) is 9.52 Å². The largest absolute Gasteiger partial charge is 0.535 e. The van der Waals surface area contributed by atoms with Crippen molar-refractivity contribution in [3.8, 4) is 0 Å². The minimum Gasteiger partial charge on any atom is -0.535 e. The Kier molecular flexibility index (Phi) is 11.6. The number of nitrogens with two attached hydrogens (primary N) is 2. The Hall–Kier alpha value is -2.38. The van der Waals surface area contributed by atoms with Crippen molar-refractivity contribution in [3.63, 3.8) is 0 Å². The molecule has 13 nitrogen and oxygen atoms in total. The second kappa shape index (κ2) is 14.0. The van der Waals surface area contributed by atoms with Crippen LogP contribution in [0.2, 0.25) is 12.6 Å². The van der Waals surface area contributed by atoms with Crippen LogP contribution in [-0.2, 0) is 29.5 Å². The van der Waals surface area contributed by atoms with E-state index in [1.54, 1.807) is 0 Å². The molecule has 2 aromatic rings. The van der Waals surface area contributed by atoms with Gasteiger partial charge < -0.3 is 21.0 Å². The first-order valence-electron chi connectivity index (χ1n) is 11.4. The fourth-order valence-corrected chi connectivity index (χ4v) is 5.73. The van der Waals surface area contributed by atoms with Crippen LogP contribution >= 0.6 is 23.6 Å². The van der Waals surface area contributed by atoms with Crippen molar-refractivity contribution >= 4 is 72.4 Å². The Morgan fingerprint density at radius 1 is 1.14 bits per heavy atom. The molecule has 2 rings (SSSR count). The number of carbonyl (C=O) groups excluding carboxylic acids is 1. The van der Waals surface area contributed by atoms with Gasteiger partial charge in [0.05, 0.1) is 4.90 Å². The Morgan fingerprint density at radius 2 is 1.78 bits per heavy atom. The van der Waals surface area contributed by atoms with Gasteiger partial charge in [0.15, 0.2) is 5.11 Å². The Balaban J connectivity index is 1.76. The first kappa shape index (κ1) is 30.8. The van der Waals surface area contributed by atoms with E-state index in [1.165, 1.54) is 24.3 Å². The lowest BCUT2D eigenvalue weighted by Crippen LogP contribution is -2.36. The fourth-order valence-electron chi connectivity index (χ4n) is 2.95. The van der Waals surface area contributed by atoms with Gasteiger partial charge in [-0.1, -0.05) is 25.2 Å². The topological polar surface area (TPSA) is 208 Å². The number of benzene rings is 1. The molecule has 0 radical (unpaired) electrons. The number of hydrogen-bond acceptors (Lipinski definition) is 11. The zero-order chi connectivity index (χ0) is 27.6. The summed E-state index contributed by atoms with van der Waals surface area (Å²) in [5.41, 5.74) is 6.46. The van der Waals surface area contributed by atoms with Gasteiger partial charge in [0.2, 0.25) is 9.47 Å². The summed E-state index contributed by atoms with van der Waals surface area (Å²) in [7, 11) is -8.12. The minimum absolute atomic E-state index is 0.0802. The van der Waals surface area contributed by atoms with Crippen LogP contribution in [0.15, 0.2) is 33.5 Å². The average molecular weight is 592 g/mol. The molecule has 0 saturated carbocycles. The number of aromatic nitrogens is 2. The quantitative estimate of drug-likeness (QED) is 0.120. The number of anilines is 2. The van der Waals surface area contributed by atoms with Gasteiger partial charge in [-0.05, 0) is 68.4 Å². The van der Waals surface area contributed by atoms with Gasteiger partial charge >= 0.3 is 12.9 Å². The molecule has 0 unspecified atom stereocenters. The predicted molar refractivity (Wildman–Crippen MR) is 147 cm³/mol. The normalized spacial score (nSPS) is 12.4. The highest BCUT2D eigenvalue weighted by Crippen LogP contribution is 2.23. The predicted octanol–water partition coefficient (Wildman–Crippen LogP) is 1.34. The molecule has 1 atom stereocenters. The lowest BCUT2D eigenvalue weighted by molar-refractivity contribution is -0.136. The summed E-state index contributed by atoms with van der Waals surface area (Å²) in [5, 5.41) is 17.9. The third-order valence-electron chi connectivity index (χ3n) is 5.02. The monoisotopic (exact) mass is 591 g/mol. The highest BCUT2D eigenvalue weighted by molar-refractivity contribution is 7.93. The van der Waals surface area contributed by atoms with Gasteiger partial charge in [-0.25, -0.2) is 22.0 Å². The molecule has 0 aliphatic heterocycles. The van der Waals surface area contributed by atoms with Gasteiger partial charge in [0.1, 0.15) is 6.04 Å². The Labute approximate surface area is 226 Å². The lowest BCUT2D eigenvalue weighted by atomic mass is 9.62. The summed E-state index contributed by atoms with van der Waals surface area (Å²) >= 11 is 5.75. The number of primary sulfonamides is 1. The van der Waals surface area contributed by atoms with Crippen molar-refractivity contribution in [2.45, 2.75) is 61.0 Å². The van der Waals surface area contributed by atoms with Gasteiger partial charge in [-0.15, -0.1) is 10.2 Å². The third-order valence-corrected chi connectivity index (χ3v) is 8.90. The second-order valence-corrected chi connectivity index (χ2v) is 12.7. The third kappa shape index (κ3) is 10.1. The van der Waals surface area contributed by atoms with Crippen molar-refractivity contribution in [3.05, 3.63) is 24.3 Å². The van der Waals surface area contributed by atoms with Crippen molar-refractivity contribution < 1.29 is 26.3 Å². The summed E-state index contributed by atoms with van der Waals surface area (Å²) < 4.78 is 54.6. The maximum atomic E-state index is 12.5. The Morgan fingerprint density at radius 3 is 2.35 bits per heavy atom. The van der Waals surface area contributed by atoms with Crippen molar-refractivity contribution in [1.29, 1.82) is 0 Å². The van der Waals surface area contributed by atoms with E-state index in [-0.39, 0.29) is 22.9 Å². The van der Waals surface area contributed by atoms with Crippen LogP contribution in [0, 0.1) is 0 Å². The van der Waals surface area contributed by atoms with Crippen LogP contribution in [0.4, 0.5) is 10.8 Å². The van der Waals surface area contributed by atoms with Crippen LogP contribution in [-0.4, -0.2) is 57.6 Å². The molecule has 1 aromatic carbocycles. The maximum absolute atomic E-state index is 12.5. The molecular formula is C19H30BN7O6S4. The number of nitrogens with zero attached hydrogens (tertiary/aromatic N) is 2. The van der Waals surface area contributed by atoms with Crippen LogP contribution in [0.1, 0.15) is 33.1 Å². The minimum atomic E-state index is -4.08. The van der Waals surface area contributed by atoms with E-state index >= 15 is 0 Å². The lowest BCUT2D eigenvalue weighted by Gasteiger charge is -2.16. The van der Waals surface area contributed by atoms with E-state index in [2.05, 4.69) is 25.6 Å². The molecule has 37 heavy (non-hydrogen) atoms. The van der Waals surface area contributed by atoms with E-state index < -0.39 is 30.4 Å². The molecule has 0 aliphatic carbocycles. The molecule has 0 spiro atoms. The highest BCUT2D eigenvalue weighted by Gasteiger charge is 2.22. The number of sulfonamides is 2. The highest BCUT2D eigenvalue weighted by atomic mass is 32.2. The van der Waals surface area contributed by atoms with Crippen LogP contribution in [0.3, 0.4) is 0 Å².